The molecular weight excluding hydrogens is 276 g/mol. The Morgan fingerprint density at radius 2 is 2.15 bits per heavy atom. The van der Waals surface area contributed by atoms with Crippen molar-refractivity contribution in [3.63, 3.8) is 0 Å². The van der Waals surface area contributed by atoms with Gasteiger partial charge in [0, 0.05) is 24.7 Å². The van der Waals surface area contributed by atoms with E-state index in [0.717, 1.165) is 6.42 Å². The summed E-state index contributed by atoms with van der Waals surface area (Å²) in [6, 6.07) is 7.14. The number of rotatable bonds is 6. The minimum atomic E-state index is -1.02. The van der Waals surface area contributed by atoms with Crippen LogP contribution in [0.3, 0.4) is 0 Å². The molecule has 0 saturated carbocycles. The van der Waals surface area contributed by atoms with E-state index in [9.17, 15) is 9.59 Å². The number of amides is 1. The number of likely N-dealkylation sites (N-methyl/N-ethyl adjacent to an activating group) is 1. The maximum absolute atomic E-state index is 12.1. The molecule has 0 radical (unpaired) electrons. The molecule has 0 aliphatic heterocycles. The van der Waals surface area contributed by atoms with Crippen molar-refractivity contribution in [2.75, 3.05) is 13.6 Å². The molecule has 2 rings (SSSR count). The van der Waals surface area contributed by atoms with Gasteiger partial charge in [-0.25, -0.2) is 4.79 Å². The molecule has 0 bridgehead atoms. The van der Waals surface area contributed by atoms with Gasteiger partial charge in [-0.05, 0) is 30.0 Å². The molecule has 0 aromatic carbocycles. The van der Waals surface area contributed by atoms with Gasteiger partial charge in [0.2, 0.25) is 5.91 Å². The number of carboxylic acid groups (broad SMARTS) is 1. The Bertz CT molecular complexity index is 589. The Labute approximate surface area is 121 Å². The summed E-state index contributed by atoms with van der Waals surface area (Å²) in [7, 11) is 1.74. The quantitative estimate of drug-likeness (QED) is 0.885. The smallest absolute Gasteiger partial charge is 0.352 e. The first-order valence-electron chi connectivity index (χ1n) is 6.22. The van der Waals surface area contributed by atoms with E-state index in [-0.39, 0.29) is 18.1 Å². The highest BCUT2D eigenvalue weighted by molar-refractivity contribution is 7.09. The monoisotopic (exact) mass is 292 g/mol. The zero-order chi connectivity index (χ0) is 14.5. The normalized spacial score (nSPS) is 10.4. The van der Waals surface area contributed by atoms with Gasteiger partial charge in [-0.15, -0.1) is 11.3 Å². The van der Waals surface area contributed by atoms with Crippen LogP contribution in [-0.4, -0.2) is 40.0 Å². The molecule has 0 aliphatic carbocycles. The number of carboxylic acids is 1. The highest BCUT2D eigenvalue weighted by Gasteiger charge is 2.14. The first-order chi connectivity index (χ1) is 9.58. The number of aromatic carboxylic acids is 1. The van der Waals surface area contributed by atoms with Crippen LogP contribution in [0.5, 0.6) is 0 Å². The first-order valence-corrected chi connectivity index (χ1v) is 7.10. The van der Waals surface area contributed by atoms with Gasteiger partial charge in [-0.1, -0.05) is 6.07 Å². The molecule has 0 atom stereocenters. The van der Waals surface area contributed by atoms with Crippen molar-refractivity contribution in [2.24, 2.45) is 0 Å². The Balaban J connectivity index is 1.90. The van der Waals surface area contributed by atoms with Crippen molar-refractivity contribution in [3.05, 3.63) is 46.4 Å². The first kappa shape index (κ1) is 14.3. The molecule has 0 aliphatic rings. The number of thiophene rings is 1. The van der Waals surface area contributed by atoms with Gasteiger partial charge in [0.05, 0.1) is 0 Å². The molecule has 6 heteroatoms. The SMILES string of the molecule is CN(CCc1cccs1)C(=O)Cn1cccc1C(=O)O. The summed E-state index contributed by atoms with van der Waals surface area (Å²) in [5.74, 6) is -1.12. The Hall–Kier alpha value is -2.08. The van der Waals surface area contributed by atoms with E-state index in [1.165, 1.54) is 15.5 Å². The van der Waals surface area contributed by atoms with Crippen LogP contribution in [0.25, 0.3) is 0 Å². The highest BCUT2D eigenvalue weighted by atomic mass is 32.1. The third-order valence-electron chi connectivity index (χ3n) is 3.05. The van der Waals surface area contributed by atoms with Gasteiger partial charge in [-0.3, -0.25) is 4.79 Å². The molecule has 0 unspecified atom stereocenters. The Morgan fingerprint density at radius 1 is 1.35 bits per heavy atom. The molecule has 1 amide bonds. The Morgan fingerprint density at radius 3 is 2.80 bits per heavy atom. The summed E-state index contributed by atoms with van der Waals surface area (Å²) in [6.45, 7) is 0.679. The van der Waals surface area contributed by atoms with E-state index in [1.54, 1.807) is 35.5 Å². The third kappa shape index (κ3) is 3.48. The van der Waals surface area contributed by atoms with Crippen molar-refractivity contribution >= 4 is 23.2 Å². The van der Waals surface area contributed by atoms with Crippen molar-refractivity contribution in [1.82, 2.24) is 9.47 Å². The summed E-state index contributed by atoms with van der Waals surface area (Å²) >= 11 is 1.67. The molecule has 2 aromatic rings. The van der Waals surface area contributed by atoms with Crippen molar-refractivity contribution in [3.8, 4) is 0 Å². The van der Waals surface area contributed by atoms with Gasteiger partial charge in [0.15, 0.2) is 0 Å². The van der Waals surface area contributed by atoms with E-state index >= 15 is 0 Å². The molecule has 0 saturated heterocycles. The Kier molecular flexibility index (Phi) is 4.57. The van der Waals surface area contributed by atoms with Crippen LogP contribution in [0, 0.1) is 0 Å². The number of hydrogen-bond acceptors (Lipinski definition) is 3. The summed E-state index contributed by atoms with van der Waals surface area (Å²) < 4.78 is 1.45. The van der Waals surface area contributed by atoms with E-state index < -0.39 is 5.97 Å². The lowest BCUT2D eigenvalue weighted by molar-refractivity contribution is -0.130. The fourth-order valence-corrected chi connectivity index (χ4v) is 2.57. The second-order valence-electron chi connectivity index (χ2n) is 4.47. The summed E-state index contributed by atoms with van der Waals surface area (Å²) in [5.41, 5.74) is 0.130. The van der Waals surface area contributed by atoms with E-state index in [2.05, 4.69) is 0 Å². The predicted octanol–water partition coefficient (Wildman–Crippen LogP) is 1.95. The van der Waals surface area contributed by atoms with E-state index in [0.29, 0.717) is 6.54 Å². The molecular formula is C14H16N2O3S. The van der Waals surface area contributed by atoms with Crippen molar-refractivity contribution in [2.45, 2.75) is 13.0 Å². The minimum absolute atomic E-state index is 0.0512. The lowest BCUT2D eigenvalue weighted by atomic mass is 10.3. The summed E-state index contributed by atoms with van der Waals surface area (Å²) in [5, 5.41) is 11.0. The summed E-state index contributed by atoms with van der Waals surface area (Å²) in [6.07, 6.45) is 2.42. The predicted molar refractivity (Wildman–Crippen MR) is 77.1 cm³/mol. The fourth-order valence-electron chi connectivity index (χ4n) is 1.87. The standard InChI is InChI=1S/C14H16N2O3S/c1-15(8-6-11-4-3-9-20-11)13(17)10-16-7-2-5-12(16)14(18)19/h2-5,7,9H,6,8,10H2,1H3,(H,18,19). The van der Waals surface area contributed by atoms with Crippen molar-refractivity contribution in [1.29, 1.82) is 0 Å². The van der Waals surface area contributed by atoms with Crippen LogP contribution in [0.1, 0.15) is 15.4 Å². The van der Waals surface area contributed by atoms with E-state index in [1.807, 2.05) is 17.5 Å². The lowest BCUT2D eigenvalue weighted by Gasteiger charge is -2.17. The maximum atomic E-state index is 12.1. The highest BCUT2D eigenvalue weighted by Crippen LogP contribution is 2.10. The molecule has 106 valence electrons. The number of carbonyl (C=O) groups is 2. The van der Waals surface area contributed by atoms with Crippen LogP contribution in [-0.2, 0) is 17.8 Å². The number of carbonyl (C=O) groups excluding carboxylic acids is 1. The fraction of sp³-hybridized carbons (Fsp3) is 0.286. The number of aromatic nitrogens is 1. The molecule has 0 fully saturated rings. The number of hydrogen-bond donors (Lipinski definition) is 1. The van der Waals surface area contributed by atoms with Crippen molar-refractivity contribution < 1.29 is 14.7 Å². The molecule has 2 heterocycles. The van der Waals surface area contributed by atoms with Gasteiger partial charge in [-0.2, -0.15) is 0 Å². The molecule has 5 nitrogen and oxygen atoms in total. The van der Waals surface area contributed by atoms with Crippen LogP contribution in [0.4, 0.5) is 0 Å². The van der Waals surface area contributed by atoms with Crippen LogP contribution >= 0.6 is 11.3 Å². The van der Waals surface area contributed by atoms with Gasteiger partial charge >= 0.3 is 5.97 Å². The molecule has 1 N–H and O–H groups in total. The molecule has 2 aromatic heterocycles. The topological polar surface area (TPSA) is 62.5 Å². The summed E-state index contributed by atoms with van der Waals surface area (Å²) in [4.78, 5) is 25.9. The zero-order valence-corrected chi connectivity index (χ0v) is 12.0. The third-order valence-corrected chi connectivity index (χ3v) is 3.99. The largest absolute Gasteiger partial charge is 0.477 e. The lowest BCUT2D eigenvalue weighted by Crippen LogP contribution is -2.32. The number of nitrogens with zero attached hydrogens (tertiary/aromatic N) is 2. The minimum Gasteiger partial charge on any atom is -0.477 e. The second-order valence-corrected chi connectivity index (χ2v) is 5.50. The van der Waals surface area contributed by atoms with Crippen LogP contribution in [0.2, 0.25) is 0 Å². The van der Waals surface area contributed by atoms with Gasteiger partial charge in [0.25, 0.3) is 0 Å². The van der Waals surface area contributed by atoms with Crippen LogP contribution in [0.15, 0.2) is 35.8 Å². The zero-order valence-electron chi connectivity index (χ0n) is 11.2. The second kappa shape index (κ2) is 6.38. The average Bonchev–Trinajstić information content (AvgIpc) is 3.06. The van der Waals surface area contributed by atoms with Gasteiger partial charge in [0.1, 0.15) is 12.2 Å². The van der Waals surface area contributed by atoms with Gasteiger partial charge < -0.3 is 14.6 Å². The maximum Gasteiger partial charge on any atom is 0.352 e. The molecule has 0 spiro atoms. The van der Waals surface area contributed by atoms with E-state index in [4.69, 9.17) is 5.11 Å². The molecule has 20 heavy (non-hydrogen) atoms. The van der Waals surface area contributed by atoms with Crippen LogP contribution < -0.4 is 0 Å². The average molecular weight is 292 g/mol.